The molecule has 1 aliphatic rings. The van der Waals surface area contributed by atoms with Crippen molar-refractivity contribution in [3.8, 4) is 0 Å². The zero-order chi connectivity index (χ0) is 15.2. The largest absolute Gasteiger partial charge is 0.349 e. The Kier molecular flexibility index (Phi) is 6.76. The minimum Gasteiger partial charge on any atom is -0.349 e. The van der Waals surface area contributed by atoms with Crippen molar-refractivity contribution >= 4 is 40.1 Å². The standard InChI is InChI=1S/C16H22ClIN2O/c1-2-3-8-20-9-6-13(7-10-20)19-16(21)14-5-4-12(17)11-15(14)18/h4-5,11,13H,2-3,6-10H2,1H3,(H,19,21). The molecule has 1 aliphatic heterocycles. The lowest BCUT2D eigenvalue weighted by Crippen LogP contribution is -2.45. The van der Waals surface area contributed by atoms with Gasteiger partial charge in [0.05, 0.1) is 5.56 Å². The number of likely N-dealkylation sites (tertiary alicyclic amines) is 1. The summed E-state index contributed by atoms with van der Waals surface area (Å²) >= 11 is 8.09. The Morgan fingerprint density at radius 2 is 2.14 bits per heavy atom. The van der Waals surface area contributed by atoms with Gasteiger partial charge in [0.2, 0.25) is 0 Å². The van der Waals surface area contributed by atoms with Crippen LogP contribution in [0.25, 0.3) is 0 Å². The second kappa shape index (κ2) is 8.34. The highest BCUT2D eigenvalue weighted by atomic mass is 127. The van der Waals surface area contributed by atoms with Gasteiger partial charge in [-0.25, -0.2) is 0 Å². The summed E-state index contributed by atoms with van der Waals surface area (Å²) in [5, 5.41) is 3.83. The third kappa shape index (κ3) is 5.11. The van der Waals surface area contributed by atoms with Gasteiger partial charge in [0.25, 0.3) is 5.91 Å². The molecule has 1 fully saturated rings. The number of hydrogen-bond acceptors (Lipinski definition) is 2. The fraction of sp³-hybridized carbons (Fsp3) is 0.562. The zero-order valence-corrected chi connectivity index (χ0v) is 15.3. The van der Waals surface area contributed by atoms with Gasteiger partial charge in [0.1, 0.15) is 0 Å². The number of amides is 1. The van der Waals surface area contributed by atoms with E-state index in [2.05, 4.69) is 39.7 Å². The Hall–Kier alpha value is -0.330. The van der Waals surface area contributed by atoms with Crippen molar-refractivity contribution in [2.75, 3.05) is 19.6 Å². The van der Waals surface area contributed by atoms with Crippen LogP contribution >= 0.6 is 34.2 Å². The van der Waals surface area contributed by atoms with Crippen LogP contribution in [0.3, 0.4) is 0 Å². The van der Waals surface area contributed by atoms with Crippen LogP contribution in [0.1, 0.15) is 43.0 Å². The molecule has 0 bridgehead atoms. The van der Waals surface area contributed by atoms with E-state index in [1.807, 2.05) is 6.07 Å². The molecule has 1 amide bonds. The first-order chi connectivity index (χ1) is 10.1. The van der Waals surface area contributed by atoms with Gasteiger partial charge < -0.3 is 10.2 Å². The Balaban J connectivity index is 1.84. The molecule has 0 saturated carbocycles. The van der Waals surface area contributed by atoms with Crippen molar-refractivity contribution in [2.45, 2.75) is 38.6 Å². The summed E-state index contributed by atoms with van der Waals surface area (Å²) < 4.78 is 0.901. The lowest BCUT2D eigenvalue weighted by atomic mass is 10.0. The van der Waals surface area contributed by atoms with E-state index in [-0.39, 0.29) is 5.91 Å². The molecule has 116 valence electrons. The molecule has 3 nitrogen and oxygen atoms in total. The fourth-order valence-corrected chi connectivity index (χ4v) is 3.74. The van der Waals surface area contributed by atoms with E-state index in [9.17, 15) is 4.79 Å². The first-order valence-electron chi connectivity index (χ1n) is 7.58. The summed E-state index contributed by atoms with van der Waals surface area (Å²) in [6.45, 7) is 5.58. The number of nitrogens with zero attached hydrogens (tertiary/aromatic N) is 1. The highest BCUT2D eigenvalue weighted by molar-refractivity contribution is 14.1. The van der Waals surface area contributed by atoms with Crippen LogP contribution in [0.5, 0.6) is 0 Å². The predicted molar refractivity (Wildman–Crippen MR) is 96.0 cm³/mol. The van der Waals surface area contributed by atoms with Crippen molar-refractivity contribution in [1.29, 1.82) is 0 Å². The lowest BCUT2D eigenvalue weighted by molar-refractivity contribution is 0.0910. The Morgan fingerprint density at radius 1 is 1.43 bits per heavy atom. The van der Waals surface area contributed by atoms with E-state index >= 15 is 0 Å². The number of carbonyl (C=O) groups excluding carboxylic acids is 1. The molecule has 0 atom stereocenters. The highest BCUT2D eigenvalue weighted by Gasteiger charge is 2.21. The van der Waals surface area contributed by atoms with Crippen LogP contribution in [0.2, 0.25) is 5.02 Å². The van der Waals surface area contributed by atoms with Crippen LogP contribution in [0.4, 0.5) is 0 Å². The molecule has 1 heterocycles. The Morgan fingerprint density at radius 3 is 2.76 bits per heavy atom. The van der Waals surface area contributed by atoms with Gasteiger partial charge in [0, 0.05) is 27.7 Å². The number of piperidine rings is 1. The zero-order valence-electron chi connectivity index (χ0n) is 12.4. The quantitative estimate of drug-likeness (QED) is 0.732. The van der Waals surface area contributed by atoms with Gasteiger partial charge in [-0.2, -0.15) is 0 Å². The molecule has 1 aromatic carbocycles. The monoisotopic (exact) mass is 420 g/mol. The molecule has 21 heavy (non-hydrogen) atoms. The molecule has 1 aromatic rings. The molecular weight excluding hydrogens is 399 g/mol. The predicted octanol–water partition coefficient (Wildman–Crippen LogP) is 3.94. The summed E-state index contributed by atoms with van der Waals surface area (Å²) in [5.41, 5.74) is 0.716. The Labute approximate surface area is 145 Å². The third-order valence-electron chi connectivity index (χ3n) is 3.93. The first kappa shape index (κ1) is 17.0. The number of carbonyl (C=O) groups is 1. The van der Waals surface area contributed by atoms with Crippen molar-refractivity contribution in [3.63, 3.8) is 0 Å². The van der Waals surface area contributed by atoms with E-state index in [0.29, 0.717) is 16.6 Å². The van der Waals surface area contributed by atoms with Crippen molar-refractivity contribution in [2.24, 2.45) is 0 Å². The average Bonchev–Trinajstić information content (AvgIpc) is 2.46. The topological polar surface area (TPSA) is 32.3 Å². The van der Waals surface area contributed by atoms with Crippen molar-refractivity contribution < 1.29 is 4.79 Å². The second-order valence-electron chi connectivity index (χ2n) is 5.57. The van der Waals surface area contributed by atoms with Gasteiger partial charge in [0.15, 0.2) is 0 Å². The molecule has 0 unspecified atom stereocenters. The maximum absolute atomic E-state index is 12.3. The van der Waals surface area contributed by atoms with Crippen LogP contribution in [0, 0.1) is 3.57 Å². The minimum atomic E-state index is 0.0167. The average molecular weight is 421 g/mol. The first-order valence-corrected chi connectivity index (χ1v) is 9.04. The van der Waals surface area contributed by atoms with Gasteiger partial charge in [-0.15, -0.1) is 0 Å². The van der Waals surface area contributed by atoms with Crippen LogP contribution < -0.4 is 5.32 Å². The summed E-state index contributed by atoms with van der Waals surface area (Å²) in [6, 6.07) is 5.69. The van der Waals surface area contributed by atoms with Gasteiger partial charge in [-0.1, -0.05) is 24.9 Å². The van der Waals surface area contributed by atoms with Crippen LogP contribution in [-0.2, 0) is 0 Å². The van der Waals surface area contributed by atoms with E-state index in [1.165, 1.54) is 19.4 Å². The van der Waals surface area contributed by atoms with Crippen molar-refractivity contribution in [3.05, 3.63) is 32.4 Å². The molecule has 0 aromatic heterocycles. The summed E-state index contributed by atoms with van der Waals surface area (Å²) in [4.78, 5) is 14.8. The smallest absolute Gasteiger partial charge is 0.252 e. The number of halogens is 2. The maximum Gasteiger partial charge on any atom is 0.252 e. The van der Waals surface area contributed by atoms with Crippen molar-refractivity contribution in [1.82, 2.24) is 10.2 Å². The maximum atomic E-state index is 12.3. The number of nitrogens with one attached hydrogen (secondary N) is 1. The van der Waals surface area contributed by atoms with Gasteiger partial charge in [-0.3, -0.25) is 4.79 Å². The van der Waals surface area contributed by atoms with E-state index < -0.39 is 0 Å². The highest BCUT2D eigenvalue weighted by Crippen LogP contribution is 2.19. The third-order valence-corrected chi connectivity index (χ3v) is 5.05. The lowest BCUT2D eigenvalue weighted by Gasteiger charge is -2.32. The van der Waals surface area contributed by atoms with E-state index in [1.54, 1.807) is 12.1 Å². The SMILES string of the molecule is CCCCN1CCC(NC(=O)c2ccc(Cl)cc2I)CC1. The molecule has 1 saturated heterocycles. The van der Waals surface area contributed by atoms with Crippen LogP contribution in [-0.4, -0.2) is 36.5 Å². The molecular formula is C16H22ClIN2O. The van der Waals surface area contributed by atoms with E-state index in [0.717, 1.165) is 29.5 Å². The number of unbranched alkanes of at least 4 members (excludes halogenated alkanes) is 1. The van der Waals surface area contributed by atoms with Gasteiger partial charge >= 0.3 is 0 Å². The summed E-state index contributed by atoms with van der Waals surface area (Å²) in [6.07, 6.45) is 4.59. The molecule has 2 rings (SSSR count). The normalized spacial score (nSPS) is 16.9. The molecule has 1 N–H and O–H groups in total. The number of hydrogen-bond donors (Lipinski definition) is 1. The number of benzene rings is 1. The second-order valence-corrected chi connectivity index (χ2v) is 7.17. The summed E-state index contributed by atoms with van der Waals surface area (Å²) in [7, 11) is 0. The summed E-state index contributed by atoms with van der Waals surface area (Å²) in [5.74, 6) is 0.0167. The van der Waals surface area contributed by atoms with Crippen LogP contribution in [0.15, 0.2) is 18.2 Å². The Bertz CT molecular complexity index is 487. The molecule has 0 spiro atoms. The van der Waals surface area contributed by atoms with Gasteiger partial charge in [-0.05, 0) is 66.6 Å². The molecule has 0 aliphatic carbocycles. The molecule has 5 heteroatoms. The van der Waals surface area contributed by atoms with E-state index in [4.69, 9.17) is 11.6 Å². The minimum absolute atomic E-state index is 0.0167. The number of rotatable bonds is 5. The molecule has 0 radical (unpaired) electrons. The fourth-order valence-electron chi connectivity index (χ4n) is 2.62.